The minimum atomic E-state index is -0.115. The molecule has 1 saturated heterocycles. The van der Waals surface area contributed by atoms with Crippen LogP contribution in [-0.4, -0.2) is 11.4 Å². The number of hydrogen-bond donors (Lipinski definition) is 2. The summed E-state index contributed by atoms with van der Waals surface area (Å²) >= 11 is 3.15. The van der Waals surface area contributed by atoms with Crippen LogP contribution in [0.1, 0.15) is 17.4 Å². The first-order valence-corrected chi connectivity index (χ1v) is 8.59. The van der Waals surface area contributed by atoms with E-state index in [1.54, 1.807) is 11.3 Å². The van der Waals surface area contributed by atoms with Crippen LogP contribution in [0, 0.1) is 0 Å². The number of rotatable bonds is 4. The number of benzene rings is 1. The predicted octanol–water partition coefficient (Wildman–Crippen LogP) is 3.91. The van der Waals surface area contributed by atoms with Gasteiger partial charge in [-0.25, -0.2) is 0 Å². The summed E-state index contributed by atoms with van der Waals surface area (Å²) in [5, 5.41) is 8.28. The highest BCUT2D eigenvalue weighted by Gasteiger charge is 2.27. The molecular weight excluding hydrogens is 300 g/mol. The Balaban J connectivity index is 1.67. The van der Waals surface area contributed by atoms with Crippen molar-refractivity contribution in [2.24, 2.45) is 0 Å². The summed E-state index contributed by atoms with van der Waals surface area (Å²) in [5.41, 5.74) is 2.21. The number of anilines is 1. The molecule has 1 atom stereocenters. The first-order chi connectivity index (χ1) is 10.2. The summed E-state index contributed by atoms with van der Waals surface area (Å²) in [6.45, 7) is 2.14. The van der Waals surface area contributed by atoms with Gasteiger partial charge in [-0.05, 0) is 41.6 Å². The number of thiophene rings is 1. The molecule has 0 spiro atoms. The van der Waals surface area contributed by atoms with Crippen LogP contribution in [0.2, 0.25) is 0 Å². The van der Waals surface area contributed by atoms with Gasteiger partial charge in [0.05, 0.1) is 4.91 Å². The number of carbonyl (C=O) groups excluding carboxylic acids is 1. The number of thioether (sulfide) groups is 1. The van der Waals surface area contributed by atoms with E-state index in [1.807, 2.05) is 35.7 Å². The lowest BCUT2D eigenvalue weighted by atomic mass is 10.1. The van der Waals surface area contributed by atoms with Gasteiger partial charge in [-0.1, -0.05) is 36.9 Å². The van der Waals surface area contributed by atoms with Gasteiger partial charge in [-0.2, -0.15) is 0 Å². The largest absolute Gasteiger partial charge is 0.357 e. The van der Waals surface area contributed by atoms with Crippen LogP contribution in [-0.2, 0) is 11.2 Å². The third-order valence-corrected chi connectivity index (χ3v) is 5.06. The normalized spacial score (nSPS) is 19.8. The van der Waals surface area contributed by atoms with E-state index in [-0.39, 0.29) is 11.4 Å². The van der Waals surface area contributed by atoms with Crippen LogP contribution >= 0.6 is 23.1 Å². The van der Waals surface area contributed by atoms with Crippen LogP contribution in [0.4, 0.5) is 5.69 Å². The van der Waals surface area contributed by atoms with Crippen molar-refractivity contribution in [3.8, 4) is 0 Å². The maximum Gasteiger partial charge on any atom is 0.260 e. The van der Waals surface area contributed by atoms with E-state index in [4.69, 9.17) is 0 Å². The maximum atomic E-state index is 12.0. The van der Waals surface area contributed by atoms with Crippen LogP contribution in [0.25, 0.3) is 6.08 Å². The Kier molecular flexibility index (Phi) is 4.31. The molecule has 0 aliphatic carbocycles. The summed E-state index contributed by atoms with van der Waals surface area (Å²) in [6, 6.07) is 12.3. The fraction of sp³-hybridized carbons (Fsp3) is 0.188. The Hall–Kier alpha value is -1.72. The van der Waals surface area contributed by atoms with Gasteiger partial charge in [0, 0.05) is 10.6 Å². The van der Waals surface area contributed by atoms with E-state index in [2.05, 4.69) is 29.7 Å². The third-order valence-electron chi connectivity index (χ3n) is 3.21. The smallest absolute Gasteiger partial charge is 0.260 e. The lowest BCUT2D eigenvalue weighted by molar-refractivity contribution is -0.116. The SMILES string of the molecule is CCc1ccc(N[C@@H]2NC(=O)/C(=C/c3cccs3)S2)cc1. The van der Waals surface area contributed by atoms with Crippen molar-refractivity contribution in [3.63, 3.8) is 0 Å². The minimum absolute atomic E-state index is 0.0175. The van der Waals surface area contributed by atoms with Crippen molar-refractivity contribution in [2.75, 3.05) is 5.32 Å². The van der Waals surface area contributed by atoms with Crippen molar-refractivity contribution in [1.29, 1.82) is 0 Å². The molecule has 2 N–H and O–H groups in total. The lowest BCUT2D eigenvalue weighted by Gasteiger charge is -2.12. The molecule has 1 amide bonds. The molecule has 0 unspecified atom stereocenters. The van der Waals surface area contributed by atoms with Gasteiger partial charge in [-0.15, -0.1) is 11.3 Å². The molecule has 21 heavy (non-hydrogen) atoms. The van der Waals surface area contributed by atoms with Gasteiger partial charge in [0.15, 0.2) is 5.50 Å². The van der Waals surface area contributed by atoms with Crippen LogP contribution in [0.15, 0.2) is 46.7 Å². The molecule has 1 fully saturated rings. The van der Waals surface area contributed by atoms with Gasteiger partial charge >= 0.3 is 0 Å². The van der Waals surface area contributed by atoms with Crippen LogP contribution in [0.3, 0.4) is 0 Å². The molecule has 5 heteroatoms. The van der Waals surface area contributed by atoms with Crippen molar-refractivity contribution >= 4 is 40.8 Å². The highest BCUT2D eigenvalue weighted by molar-refractivity contribution is 8.05. The molecule has 0 bridgehead atoms. The second-order valence-electron chi connectivity index (χ2n) is 4.69. The zero-order valence-electron chi connectivity index (χ0n) is 11.6. The Labute approximate surface area is 132 Å². The Morgan fingerprint density at radius 3 is 2.76 bits per heavy atom. The van der Waals surface area contributed by atoms with E-state index in [0.717, 1.165) is 21.9 Å². The van der Waals surface area contributed by atoms with E-state index >= 15 is 0 Å². The fourth-order valence-corrected chi connectivity index (χ4v) is 3.76. The van der Waals surface area contributed by atoms with Crippen LogP contribution in [0.5, 0.6) is 0 Å². The van der Waals surface area contributed by atoms with Gasteiger partial charge in [-0.3, -0.25) is 4.79 Å². The molecule has 0 saturated carbocycles. The molecule has 0 radical (unpaired) electrons. The van der Waals surface area contributed by atoms with E-state index in [1.165, 1.54) is 17.3 Å². The minimum Gasteiger partial charge on any atom is -0.357 e. The van der Waals surface area contributed by atoms with Crippen molar-refractivity contribution < 1.29 is 4.79 Å². The topological polar surface area (TPSA) is 41.1 Å². The number of amides is 1. The predicted molar refractivity (Wildman–Crippen MR) is 91.3 cm³/mol. The Bertz CT molecular complexity index is 647. The van der Waals surface area contributed by atoms with Crippen molar-refractivity contribution in [2.45, 2.75) is 18.8 Å². The van der Waals surface area contributed by atoms with E-state index < -0.39 is 0 Å². The summed E-state index contributed by atoms with van der Waals surface area (Å²) in [5.74, 6) is -0.0175. The van der Waals surface area contributed by atoms with Gasteiger partial charge < -0.3 is 10.6 Å². The standard InChI is InChI=1S/C16H16N2OS2/c1-2-11-5-7-12(8-6-11)17-16-18-15(19)14(21-16)10-13-4-3-9-20-13/h3-10,16-17H,2H2,1H3,(H,18,19)/b14-10-/t16-/m1/s1. The van der Waals surface area contributed by atoms with Gasteiger partial charge in [0.25, 0.3) is 5.91 Å². The fourth-order valence-electron chi connectivity index (χ4n) is 2.06. The average Bonchev–Trinajstić information content (AvgIpc) is 3.11. The number of hydrogen-bond acceptors (Lipinski definition) is 4. The first-order valence-electron chi connectivity index (χ1n) is 6.83. The molecule has 1 aromatic carbocycles. The van der Waals surface area contributed by atoms with Crippen molar-refractivity contribution in [1.82, 2.24) is 5.32 Å². The third kappa shape index (κ3) is 3.49. The molecule has 3 rings (SSSR count). The summed E-state index contributed by atoms with van der Waals surface area (Å²) in [7, 11) is 0. The summed E-state index contributed by atoms with van der Waals surface area (Å²) in [4.78, 5) is 13.8. The van der Waals surface area contributed by atoms with Crippen LogP contribution < -0.4 is 10.6 Å². The van der Waals surface area contributed by atoms with Gasteiger partial charge in [0.1, 0.15) is 0 Å². The van der Waals surface area contributed by atoms with Gasteiger partial charge in [0.2, 0.25) is 0 Å². The highest BCUT2D eigenvalue weighted by Crippen LogP contribution is 2.31. The lowest BCUT2D eigenvalue weighted by Crippen LogP contribution is -2.30. The maximum absolute atomic E-state index is 12.0. The summed E-state index contributed by atoms with van der Waals surface area (Å²) in [6.07, 6.45) is 2.97. The zero-order valence-corrected chi connectivity index (χ0v) is 13.3. The Morgan fingerprint density at radius 2 is 2.10 bits per heavy atom. The molecule has 3 nitrogen and oxygen atoms in total. The monoisotopic (exact) mass is 316 g/mol. The molecule has 1 aromatic heterocycles. The second-order valence-corrected chi connectivity index (χ2v) is 6.82. The second kappa shape index (κ2) is 6.37. The van der Waals surface area contributed by atoms with E-state index in [9.17, 15) is 4.79 Å². The zero-order chi connectivity index (χ0) is 14.7. The molecule has 108 valence electrons. The molecular formula is C16H16N2OS2. The summed E-state index contributed by atoms with van der Waals surface area (Å²) < 4.78 is 0. The molecule has 1 aliphatic rings. The average molecular weight is 316 g/mol. The molecule has 1 aliphatic heterocycles. The highest BCUT2D eigenvalue weighted by atomic mass is 32.2. The number of aryl methyl sites for hydroxylation is 1. The van der Waals surface area contributed by atoms with Crippen molar-refractivity contribution in [3.05, 3.63) is 57.1 Å². The first kappa shape index (κ1) is 14.2. The van der Waals surface area contributed by atoms with E-state index in [0.29, 0.717) is 0 Å². The number of carbonyl (C=O) groups is 1. The quantitative estimate of drug-likeness (QED) is 0.840. The molecule has 2 heterocycles. The number of nitrogens with one attached hydrogen (secondary N) is 2. The molecule has 2 aromatic rings. The Morgan fingerprint density at radius 1 is 1.29 bits per heavy atom.